The molecule has 25 heavy (non-hydrogen) atoms. The molecular weight excluding hydrogens is 337 g/mol. The minimum absolute atomic E-state index is 0.0636. The number of hydrogen-bond acceptors (Lipinski definition) is 4. The van der Waals surface area contributed by atoms with Crippen molar-refractivity contribution >= 4 is 16.9 Å². The van der Waals surface area contributed by atoms with E-state index in [1.165, 1.54) is 6.07 Å². The van der Waals surface area contributed by atoms with Gasteiger partial charge in [-0.15, -0.1) is 5.10 Å². The van der Waals surface area contributed by atoms with E-state index in [2.05, 4.69) is 22.6 Å². The normalized spacial score (nSPS) is 21.3. The van der Waals surface area contributed by atoms with Crippen LogP contribution in [0.1, 0.15) is 38.2 Å². The average molecular weight is 356 g/mol. The van der Waals surface area contributed by atoms with Gasteiger partial charge in [0, 0.05) is 6.04 Å². The number of carbonyl (C=O) groups is 1. The van der Waals surface area contributed by atoms with Gasteiger partial charge in [0.1, 0.15) is 11.0 Å². The average Bonchev–Trinajstić information content (AvgIpc) is 2.96. The summed E-state index contributed by atoms with van der Waals surface area (Å²) in [5.74, 6) is 0.0774. The smallest absolute Gasteiger partial charge is 0.385 e. The topological polar surface area (TPSA) is 69.0 Å². The highest BCUT2D eigenvalue weighted by Crippen LogP contribution is 2.30. The molecule has 0 saturated heterocycles. The molecule has 3 rings (SSSR count). The second-order valence-corrected chi connectivity index (χ2v) is 6.37. The molecule has 0 unspecified atom stereocenters. The summed E-state index contributed by atoms with van der Waals surface area (Å²) in [4.78, 5) is 18.1. The number of amides is 1. The molecule has 0 spiro atoms. The molecule has 1 amide bonds. The van der Waals surface area contributed by atoms with Gasteiger partial charge in [-0.25, -0.2) is 0 Å². The molecule has 1 saturated carbocycles. The van der Waals surface area contributed by atoms with Gasteiger partial charge in [0.05, 0.1) is 5.56 Å². The number of aromatic nitrogens is 3. The lowest BCUT2D eigenvalue weighted by Crippen LogP contribution is -2.43. The highest BCUT2D eigenvalue weighted by Gasteiger charge is 2.31. The van der Waals surface area contributed by atoms with E-state index < -0.39 is 11.7 Å². The third kappa shape index (κ3) is 4.02. The molecule has 9 heteroatoms. The van der Waals surface area contributed by atoms with E-state index in [4.69, 9.17) is 4.84 Å². The van der Waals surface area contributed by atoms with Crippen LogP contribution in [0, 0.1) is 5.92 Å². The Morgan fingerprint density at radius 2 is 2.12 bits per heavy atom. The highest BCUT2D eigenvalue weighted by atomic mass is 19.4. The zero-order chi connectivity index (χ0) is 18.0. The maximum Gasteiger partial charge on any atom is 0.416 e. The molecule has 2 atom stereocenters. The SMILES string of the molecule is C[C@@H]1CCCC[C@@H]1NC(=O)COn1nnc2ccc(C(F)(F)F)cc21. The molecule has 0 radical (unpaired) electrons. The van der Waals surface area contributed by atoms with E-state index >= 15 is 0 Å². The molecule has 1 heterocycles. The summed E-state index contributed by atoms with van der Waals surface area (Å²) >= 11 is 0. The van der Waals surface area contributed by atoms with Crippen molar-refractivity contribution in [1.82, 2.24) is 20.5 Å². The van der Waals surface area contributed by atoms with Crippen molar-refractivity contribution in [2.24, 2.45) is 5.92 Å². The van der Waals surface area contributed by atoms with Crippen LogP contribution < -0.4 is 10.2 Å². The Labute approximate surface area is 142 Å². The molecule has 1 fully saturated rings. The number of nitrogens with zero attached hydrogens (tertiary/aromatic N) is 3. The van der Waals surface area contributed by atoms with Crippen LogP contribution in [0.4, 0.5) is 13.2 Å². The number of fused-ring (bicyclic) bond motifs is 1. The Bertz CT molecular complexity index is 759. The second-order valence-electron chi connectivity index (χ2n) is 6.37. The molecular formula is C16H19F3N4O2. The molecule has 1 aromatic carbocycles. The van der Waals surface area contributed by atoms with Crippen molar-refractivity contribution in [2.45, 2.75) is 44.8 Å². The van der Waals surface area contributed by atoms with Crippen LogP contribution in [0.25, 0.3) is 11.0 Å². The predicted octanol–water partition coefficient (Wildman–Crippen LogP) is 2.57. The molecule has 0 aliphatic heterocycles. The summed E-state index contributed by atoms with van der Waals surface area (Å²) in [5, 5.41) is 10.3. The predicted molar refractivity (Wildman–Crippen MR) is 83.5 cm³/mol. The standard InChI is InChI=1S/C16H19F3N4O2/c1-10-4-2-3-5-12(10)20-15(24)9-25-23-14-8-11(16(17,18)19)6-7-13(14)21-22-23/h6-8,10,12H,2-5,9H2,1H3,(H,20,24)/t10-,12+/m1/s1. The summed E-state index contributed by atoms with van der Waals surface area (Å²) < 4.78 is 38.4. The van der Waals surface area contributed by atoms with Gasteiger partial charge in [-0.3, -0.25) is 4.79 Å². The van der Waals surface area contributed by atoms with Crippen molar-refractivity contribution in [1.29, 1.82) is 0 Å². The molecule has 0 bridgehead atoms. The third-order valence-corrected chi connectivity index (χ3v) is 4.52. The van der Waals surface area contributed by atoms with Gasteiger partial charge in [-0.05, 0) is 42.2 Å². The minimum Gasteiger partial charge on any atom is -0.385 e. The lowest BCUT2D eigenvalue weighted by atomic mass is 9.86. The zero-order valence-corrected chi connectivity index (χ0v) is 13.7. The van der Waals surface area contributed by atoms with E-state index in [9.17, 15) is 18.0 Å². The minimum atomic E-state index is -4.47. The van der Waals surface area contributed by atoms with Gasteiger partial charge < -0.3 is 10.2 Å². The summed E-state index contributed by atoms with van der Waals surface area (Å²) in [5.41, 5.74) is -0.504. The maximum atomic E-state index is 12.8. The van der Waals surface area contributed by atoms with Crippen LogP contribution in [-0.2, 0) is 11.0 Å². The molecule has 1 aliphatic rings. The Hall–Kier alpha value is -2.32. The van der Waals surface area contributed by atoms with Crippen LogP contribution >= 0.6 is 0 Å². The molecule has 136 valence electrons. The largest absolute Gasteiger partial charge is 0.416 e. The number of benzene rings is 1. The van der Waals surface area contributed by atoms with Crippen molar-refractivity contribution in [2.75, 3.05) is 6.61 Å². The van der Waals surface area contributed by atoms with Crippen LogP contribution in [0.5, 0.6) is 0 Å². The fourth-order valence-electron chi connectivity index (χ4n) is 3.07. The molecule has 6 nitrogen and oxygen atoms in total. The van der Waals surface area contributed by atoms with Gasteiger partial charge in [0.15, 0.2) is 6.61 Å². The number of hydrogen-bond donors (Lipinski definition) is 1. The molecule has 1 aromatic heterocycles. The Kier molecular flexibility index (Phi) is 4.82. The Morgan fingerprint density at radius 1 is 1.36 bits per heavy atom. The summed E-state index contributed by atoms with van der Waals surface area (Å²) in [6.07, 6.45) is -0.244. The number of carbonyl (C=O) groups excluding carboxylic acids is 1. The van der Waals surface area contributed by atoms with Gasteiger partial charge in [0.2, 0.25) is 0 Å². The summed E-state index contributed by atoms with van der Waals surface area (Å²) in [6.45, 7) is 1.76. The lowest BCUT2D eigenvalue weighted by Gasteiger charge is -2.29. The van der Waals surface area contributed by atoms with Gasteiger partial charge in [0.25, 0.3) is 5.91 Å². The molecule has 2 aromatic rings. The maximum absolute atomic E-state index is 12.8. The monoisotopic (exact) mass is 356 g/mol. The first-order chi connectivity index (χ1) is 11.8. The van der Waals surface area contributed by atoms with E-state index in [0.717, 1.165) is 42.7 Å². The van der Waals surface area contributed by atoms with Gasteiger partial charge in [-0.1, -0.05) is 24.6 Å². The fraction of sp³-hybridized carbons (Fsp3) is 0.562. The molecule has 1 aliphatic carbocycles. The first-order valence-electron chi connectivity index (χ1n) is 8.20. The zero-order valence-electron chi connectivity index (χ0n) is 13.7. The Balaban J connectivity index is 1.65. The van der Waals surface area contributed by atoms with Gasteiger partial charge >= 0.3 is 6.18 Å². The van der Waals surface area contributed by atoms with Crippen molar-refractivity contribution in [3.05, 3.63) is 23.8 Å². The number of alkyl halides is 3. The fourth-order valence-corrected chi connectivity index (χ4v) is 3.07. The number of halogens is 3. The highest BCUT2D eigenvalue weighted by molar-refractivity contribution is 5.78. The van der Waals surface area contributed by atoms with Crippen LogP contribution in [0.15, 0.2) is 18.2 Å². The second kappa shape index (κ2) is 6.89. The van der Waals surface area contributed by atoms with E-state index in [1.54, 1.807) is 0 Å². The van der Waals surface area contributed by atoms with Crippen LogP contribution in [0.2, 0.25) is 0 Å². The van der Waals surface area contributed by atoms with Crippen LogP contribution in [-0.4, -0.2) is 33.7 Å². The number of nitrogens with one attached hydrogen (secondary N) is 1. The first kappa shape index (κ1) is 17.5. The quantitative estimate of drug-likeness (QED) is 0.914. The summed E-state index contributed by atoms with van der Waals surface area (Å²) in [6, 6.07) is 3.15. The lowest BCUT2D eigenvalue weighted by molar-refractivity contribution is -0.137. The Morgan fingerprint density at radius 3 is 2.84 bits per heavy atom. The number of rotatable bonds is 4. The van der Waals surface area contributed by atoms with E-state index in [-0.39, 0.29) is 29.6 Å². The third-order valence-electron chi connectivity index (χ3n) is 4.52. The van der Waals surface area contributed by atoms with Gasteiger partial charge in [-0.2, -0.15) is 13.2 Å². The molecule has 1 N–H and O–H groups in total. The van der Waals surface area contributed by atoms with Crippen molar-refractivity contribution in [3.8, 4) is 0 Å². The van der Waals surface area contributed by atoms with Crippen molar-refractivity contribution in [3.63, 3.8) is 0 Å². The van der Waals surface area contributed by atoms with Crippen LogP contribution in [0.3, 0.4) is 0 Å². The first-order valence-corrected chi connectivity index (χ1v) is 8.20. The van der Waals surface area contributed by atoms with Crippen molar-refractivity contribution < 1.29 is 22.8 Å². The van der Waals surface area contributed by atoms with E-state index in [0.29, 0.717) is 5.92 Å². The summed E-state index contributed by atoms with van der Waals surface area (Å²) in [7, 11) is 0. The van der Waals surface area contributed by atoms with E-state index in [1.807, 2.05) is 0 Å².